The molecular weight excluding hydrogens is 474 g/mol. The fourth-order valence-electron chi connectivity index (χ4n) is 5.59. The van der Waals surface area contributed by atoms with Gasteiger partial charge in [-0.15, -0.1) is 11.3 Å². The summed E-state index contributed by atoms with van der Waals surface area (Å²) in [7, 11) is 0. The Balaban J connectivity index is 1.86. The number of thiophene rings is 1. The lowest BCUT2D eigenvalue weighted by Gasteiger charge is -2.16. The summed E-state index contributed by atoms with van der Waals surface area (Å²) in [6, 6.07) is 2.18. The molecule has 2 amide bonds. The molecule has 2 heterocycles. The zero-order valence-corrected chi connectivity index (χ0v) is 25.7. The molecule has 1 aromatic rings. The maximum Gasteiger partial charge on any atom is 0.261 e. The van der Waals surface area contributed by atoms with Crippen molar-refractivity contribution in [2.75, 3.05) is 6.54 Å². The van der Waals surface area contributed by atoms with E-state index in [0.29, 0.717) is 17.7 Å². The number of carbonyl (C=O) groups excluding carboxylic acids is 2. The van der Waals surface area contributed by atoms with Crippen molar-refractivity contribution >= 4 is 28.7 Å². The molecule has 1 aliphatic heterocycles. The Labute approximate surface area is 231 Å². The molecule has 37 heavy (non-hydrogen) atoms. The van der Waals surface area contributed by atoms with Crippen molar-refractivity contribution in [2.45, 2.75) is 138 Å². The van der Waals surface area contributed by atoms with Gasteiger partial charge >= 0.3 is 0 Å². The summed E-state index contributed by atoms with van der Waals surface area (Å²) in [4.78, 5) is 31.0. The van der Waals surface area contributed by atoms with Gasteiger partial charge in [-0.25, -0.2) is 0 Å². The van der Waals surface area contributed by atoms with Crippen LogP contribution >= 0.6 is 11.3 Å². The lowest BCUT2D eigenvalue weighted by Crippen LogP contribution is -2.30. The molecule has 1 aromatic heterocycles. The van der Waals surface area contributed by atoms with Crippen molar-refractivity contribution in [3.8, 4) is 0 Å². The first kappa shape index (κ1) is 31.5. The van der Waals surface area contributed by atoms with Gasteiger partial charge in [0, 0.05) is 16.3 Å². The third-order valence-electron chi connectivity index (χ3n) is 7.58. The van der Waals surface area contributed by atoms with Crippen LogP contribution < -0.4 is 0 Å². The van der Waals surface area contributed by atoms with Crippen molar-refractivity contribution < 1.29 is 9.59 Å². The molecule has 0 N–H and O–H groups in total. The zero-order valence-electron chi connectivity index (χ0n) is 24.9. The van der Waals surface area contributed by atoms with Crippen molar-refractivity contribution in [1.29, 1.82) is 0 Å². The highest BCUT2D eigenvalue weighted by molar-refractivity contribution is 7.12. The van der Waals surface area contributed by atoms with Crippen molar-refractivity contribution in [1.82, 2.24) is 4.90 Å². The third kappa shape index (κ3) is 9.23. The van der Waals surface area contributed by atoms with E-state index in [4.69, 9.17) is 0 Å². The van der Waals surface area contributed by atoms with Gasteiger partial charge in [-0.2, -0.15) is 0 Å². The Morgan fingerprint density at radius 1 is 0.757 bits per heavy atom. The summed E-state index contributed by atoms with van der Waals surface area (Å²) < 4.78 is 0. The highest BCUT2D eigenvalue weighted by atomic mass is 32.1. The van der Waals surface area contributed by atoms with E-state index in [2.05, 4.69) is 40.7 Å². The summed E-state index contributed by atoms with van der Waals surface area (Å²) in [5.41, 5.74) is 4.36. The Morgan fingerprint density at radius 2 is 1.22 bits per heavy atom. The van der Waals surface area contributed by atoms with E-state index < -0.39 is 0 Å². The van der Waals surface area contributed by atoms with Crippen LogP contribution in [0.15, 0.2) is 22.8 Å². The Bertz CT molecular complexity index is 946. The highest BCUT2D eigenvalue weighted by Gasteiger charge is 2.41. The molecule has 1 aliphatic rings. The highest BCUT2D eigenvalue weighted by Crippen LogP contribution is 2.40. The number of carbonyl (C=O) groups is 2. The van der Waals surface area contributed by atoms with Crippen LogP contribution in [0.3, 0.4) is 0 Å². The number of amides is 2. The average Bonchev–Trinajstić information content (AvgIpc) is 3.29. The second-order valence-corrected chi connectivity index (χ2v) is 13.0. The molecule has 0 bridgehead atoms. The Hall–Kier alpha value is -1.68. The Kier molecular flexibility index (Phi) is 13.9. The molecule has 0 unspecified atom stereocenters. The quantitative estimate of drug-likeness (QED) is 0.115. The van der Waals surface area contributed by atoms with Gasteiger partial charge in [-0.05, 0) is 57.2 Å². The molecule has 0 spiro atoms. The van der Waals surface area contributed by atoms with Crippen LogP contribution in [0.1, 0.15) is 140 Å². The number of imide groups is 1. The second-order valence-electron chi connectivity index (χ2n) is 11.5. The number of allylic oxidation sites excluding steroid dienone is 2. The summed E-state index contributed by atoms with van der Waals surface area (Å²) >= 11 is 1.76. The van der Waals surface area contributed by atoms with E-state index in [-0.39, 0.29) is 17.7 Å². The largest absolute Gasteiger partial charge is 0.274 e. The molecule has 0 aromatic carbocycles. The number of unbranched alkanes of at least 4 members (excludes halogenated alkanes) is 13. The third-order valence-corrected chi connectivity index (χ3v) is 8.55. The second kappa shape index (κ2) is 16.3. The molecular formula is C33H53NO2S. The van der Waals surface area contributed by atoms with Crippen LogP contribution in [0.5, 0.6) is 0 Å². The van der Waals surface area contributed by atoms with Gasteiger partial charge in [0.1, 0.15) is 0 Å². The molecule has 0 aliphatic carbocycles. The van der Waals surface area contributed by atoms with Gasteiger partial charge in [0.2, 0.25) is 0 Å². The maximum atomic E-state index is 13.6. The van der Waals surface area contributed by atoms with Gasteiger partial charge in [0.15, 0.2) is 0 Å². The smallest absolute Gasteiger partial charge is 0.261 e. The molecule has 1 saturated heterocycles. The lowest BCUT2D eigenvalue weighted by molar-refractivity contribution is -0.136. The van der Waals surface area contributed by atoms with Crippen LogP contribution in [-0.4, -0.2) is 23.3 Å². The number of likely N-dealkylation sites (tertiary alicyclic amines) is 1. The predicted molar refractivity (Wildman–Crippen MR) is 161 cm³/mol. The standard InChI is InChI=1S/C33H53NO2S/c1-8-9-10-11-12-13-14-15-16-17-18-19-20-21-22-34-32(35)30(25(4)5)31(33(34)36)29(24(2)3)28-23-26(6)37-27(28)7/h23-24H,8-22H2,1-7H3/b31-29-. The monoisotopic (exact) mass is 527 g/mol. The van der Waals surface area contributed by atoms with Gasteiger partial charge in [0.25, 0.3) is 11.8 Å². The zero-order chi connectivity index (χ0) is 27.4. The Morgan fingerprint density at radius 3 is 1.62 bits per heavy atom. The first-order chi connectivity index (χ1) is 17.7. The van der Waals surface area contributed by atoms with E-state index in [1.54, 1.807) is 11.3 Å². The molecule has 1 fully saturated rings. The van der Waals surface area contributed by atoms with Crippen LogP contribution in [0, 0.1) is 19.8 Å². The fourth-order valence-corrected chi connectivity index (χ4v) is 6.53. The van der Waals surface area contributed by atoms with Crippen molar-refractivity contribution in [3.05, 3.63) is 38.1 Å². The first-order valence-electron chi connectivity index (χ1n) is 15.1. The lowest BCUT2D eigenvalue weighted by atomic mass is 9.87. The molecule has 0 atom stereocenters. The first-order valence-corrected chi connectivity index (χ1v) is 15.9. The van der Waals surface area contributed by atoms with Crippen LogP contribution in [-0.2, 0) is 9.59 Å². The average molecular weight is 528 g/mol. The minimum Gasteiger partial charge on any atom is -0.274 e. The topological polar surface area (TPSA) is 37.4 Å². The normalized spacial score (nSPS) is 15.5. The number of nitrogens with zero attached hydrogens (tertiary/aromatic N) is 1. The van der Waals surface area contributed by atoms with Gasteiger partial charge in [-0.1, -0.05) is 110 Å². The van der Waals surface area contributed by atoms with E-state index in [1.807, 2.05) is 13.8 Å². The molecule has 0 saturated carbocycles. The minimum absolute atomic E-state index is 0.0946. The number of rotatable bonds is 17. The molecule has 4 heteroatoms. The van der Waals surface area contributed by atoms with E-state index in [9.17, 15) is 9.59 Å². The summed E-state index contributed by atoms with van der Waals surface area (Å²) in [6.07, 6.45) is 18.2. The summed E-state index contributed by atoms with van der Waals surface area (Å²) in [6.45, 7) is 15.2. The van der Waals surface area contributed by atoms with Crippen molar-refractivity contribution in [3.63, 3.8) is 0 Å². The van der Waals surface area contributed by atoms with Crippen LogP contribution in [0.2, 0.25) is 0 Å². The van der Waals surface area contributed by atoms with E-state index >= 15 is 0 Å². The van der Waals surface area contributed by atoms with Gasteiger partial charge in [-0.3, -0.25) is 14.5 Å². The SMILES string of the molecule is CCCCCCCCCCCCCCCCN1C(=O)C(=C(C)C)/C(=C(/c2cc(C)sc2C)C(C)C)C1=O. The van der Waals surface area contributed by atoms with Crippen LogP contribution in [0.4, 0.5) is 0 Å². The van der Waals surface area contributed by atoms with Gasteiger partial charge < -0.3 is 0 Å². The fraction of sp³-hybridized carbons (Fsp3) is 0.697. The van der Waals surface area contributed by atoms with E-state index in [1.165, 1.54) is 91.7 Å². The number of hydrogen-bond acceptors (Lipinski definition) is 3. The number of aryl methyl sites for hydroxylation is 2. The van der Waals surface area contributed by atoms with Crippen LogP contribution in [0.25, 0.3) is 5.57 Å². The van der Waals surface area contributed by atoms with E-state index in [0.717, 1.165) is 29.6 Å². The maximum absolute atomic E-state index is 13.6. The van der Waals surface area contributed by atoms with Gasteiger partial charge in [0.05, 0.1) is 11.1 Å². The molecule has 3 nitrogen and oxygen atoms in total. The molecule has 208 valence electrons. The minimum atomic E-state index is -0.0996. The van der Waals surface area contributed by atoms with Crippen molar-refractivity contribution in [2.24, 2.45) is 5.92 Å². The predicted octanol–water partition coefficient (Wildman–Crippen LogP) is 9.96. The molecule has 0 radical (unpaired) electrons. The molecule has 2 rings (SSSR count). The number of hydrogen-bond donors (Lipinski definition) is 0. The summed E-state index contributed by atoms with van der Waals surface area (Å²) in [5, 5.41) is 0. The summed E-state index contributed by atoms with van der Waals surface area (Å²) in [5.74, 6) is -0.0323.